The quantitative estimate of drug-likeness (QED) is 0.606. The molecule has 2 aliphatic rings. The lowest BCUT2D eigenvalue weighted by atomic mass is 9.95. The number of benzene rings is 1. The number of nitrogens with one attached hydrogen (secondary N) is 1. The summed E-state index contributed by atoms with van der Waals surface area (Å²) in [5, 5.41) is 4.56. The van der Waals surface area contributed by atoms with Crippen LogP contribution in [0.15, 0.2) is 35.5 Å². The molecule has 6 heteroatoms. The van der Waals surface area contributed by atoms with Gasteiger partial charge in [-0.2, -0.15) is 0 Å². The van der Waals surface area contributed by atoms with Crippen molar-refractivity contribution in [1.29, 1.82) is 0 Å². The highest BCUT2D eigenvalue weighted by Crippen LogP contribution is 2.44. The summed E-state index contributed by atoms with van der Waals surface area (Å²) in [6, 6.07) is 9.92. The molecule has 1 aromatic heterocycles. The first-order valence-corrected chi connectivity index (χ1v) is 10.5. The molecule has 4 nitrogen and oxygen atoms in total. The number of carbonyl (C=O) groups excluding carboxylic acids is 1. The van der Waals surface area contributed by atoms with Crippen LogP contribution in [0.3, 0.4) is 0 Å². The number of nitrogens with zero attached hydrogens (tertiary/aromatic N) is 2. The molecule has 1 N–H and O–H groups in total. The van der Waals surface area contributed by atoms with E-state index < -0.39 is 0 Å². The first-order chi connectivity index (χ1) is 12.6. The summed E-state index contributed by atoms with van der Waals surface area (Å²) in [5.74, 6) is 1.98. The van der Waals surface area contributed by atoms with Gasteiger partial charge >= 0.3 is 0 Å². The lowest BCUT2D eigenvalue weighted by Crippen LogP contribution is -2.39. The molecule has 0 radical (unpaired) electrons. The Morgan fingerprint density at radius 1 is 1.23 bits per heavy atom. The van der Waals surface area contributed by atoms with Gasteiger partial charge in [-0.3, -0.25) is 4.79 Å². The van der Waals surface area contributed by atoms with E-state index in [1.807, 2.05) is 37.3 Å². The number of hydrogen-bond donors (Lipinski definition) is 1. The van der Waals surface area contributed by atoms with Crippen LogP contribution < -0.4 is 5.32 Å². The fourth-order valence-corrected chi connectivity index (χ4v) is 5.02. The van der Waals surface area contributed by atoms with Gasteiger partial charge in [0.2, 0.25) is 5.91 Å². The molecule has 0 spiro atoms. The second-order valence-corrected chi connectivity index (χ2v) is 8.70. The predicted molar refractivity (Wildman–Crippen MR) is 105 cm³/mol. The highest BCUT2D eigenvalue weighted by molar-refractivity contribution is 7.99. The molecule has 3 atom stereocenters. The van der Waals surface area contributed by atoms with Crippen LogP contribution in [0.1, 0.15) is 31.4 Å². The predicted octanol–water partition coefficient (Wildman–Crippen LogP) is 4.50. The summed E-state index contributed by atoms with van der Waals surface area (Å²) in [4.78, 5) is 21.4. The SMILES string of the molecule is Cc1cc(-c2ccc(Cl)cc2)nc(SCC(=O)N[C@H]2C[C@H]3CC[C@H]2C3)n1. The van der Waals surface area contributed by atoms with Gasteiger partial charge in [0.15, 0.2) is 5.16 Å². The Labute approximate surface area is 163 Å². The first-order valence-electron chi connectivity index (χ1n) is 9.10. The minimum Gasteiger partial charge on any atom is -0.352 e. The molecule has 1 aromatic carbocycles. The van der Waals surface area contributed by atoms with Crippen molar-refractivity contribution in [3.63, 3.8) is 0 Å². The monoisotopic (exact) mass is 387 g/mol. The normalized spacial score (nSPS) is 24.0. The third-order valence-corrected chi connectivity index (χ3v) is 6.49. The zero-order valence-electron chi connectivity index (χ0n) is 14.7. The Bertz CT molecular complexity index is 811. The smallest absolute Gasteiger partial charge is 0.230 e. The Morgan fingerprint density at radius 2 is 2.04 bits per heavy atom. The lowest BCUT2D eigenvalue weighted by Gasteiger charge is -2.22. The first kappa shape index (κ1) is 17.8. The van der Waals surface area contributed by atoms with Crippen LogP contribution in [0.5, 0.6) is 0 Å². The van der Waals surface area contributed by atoms with Gasteiger partial charge in [0.25, 0.3) is 0 Å². The number of halogens is 1. The highest BCUT2D eigenvalue weighted by Gasteiger charge is 2.39. The van der Waals surface area contributed by atoms with Crippen molar-refractivity contribution >= 4 is 29.3 Å². The molecule has 0 saturated heterocycles. The molecule has 1 heterocycles. The van der Waals surface area contributed by atoms with Gasteiger partial charge in [-0.05, 0) is 56.2 Å². The zero-order chi connectivity index (χ0) is 18.1. The Kier molecular flexibility index (Phi) is 5.18. The van der Waals surface area contributed by atoms with Gasteiger partial charge in [-0.1, -0.05) is 41.9 Å². The van der Waals surface area contributed by atoms with Crippen LogP contribution >= 0.6 is 23.4 Å². The highest BCUT2D eigenvalue weighted by atomic mass is 35.5. The molecule has 0 aliphatic heterocycles. The second kappa shape index (κ2) is 7.57. The van der Waals surface area contributed by atoms with Gasteiger partial charge in [0.1, 0.15) is 0 Å². The average Bonchev–Trinajstić information content (AvgIpc) is 3.23. The molecule has 4 rings (SSSR count). The molecular formula is C20H22ClN3OS. The number of amides is 1. The van der Waals surface area contributed by atoms with Crippen molar-refractivity contribution in [3.05, 3.63) is 41.0 Å². The second-order valence-electron chi connectivity index (χ2n) is 7.32. The molecule has 0 unspecified atom stereocenters. The van der Waals surface area contributed by atoms with Crippen molar-refractivity contribution in [2.24, 2.45) is 11.8 Å². The van der Waals surface area contributed by atoms with E-state index in [0.717, 1.165) is 29.3 Å². The van der Waals surface area contributed by atoms with Crippen molar-refractivity contribution in [3.8, 4) is 11.3 Å². The van der Waals surface area contributed by atoms with Crippen LogP contribution in [0.4, 0.5) is 0 Å². The minimum atomic E-state index is 0.0886. The van der Waals surface area contributed by atoms with Gasteiger partial charge in [0.05, 0.1) is 11.4 Å². The average molecular weight is 388 g/mol. The molecule has 26 heavy (non-hydrogen) atoms. The minimum absolute atomic E-state index is 0.0886. The van der Waals surface area contributed by atoms with E-state index in [0.29, 0.717) is 27.9 Å². The van der Waals surface area contributed by atoms with E-state index in [2.05, 4.69) is 15.3 Å². The molecule has 2 fully saturated rings. The van der Waals surface area contributed by atoms with Gasteiger partial charge < -0.3 is 5.32 Å². The van der Waals surface area contributed by atoms with Gasteiger partial charge in [-0.15, -0.1) is 0 Å². The number of aromatic nitrogens is 2. The number of fused-ring (bicyclic) bond motifs is 2. The van der Waals surface area contributed by atoms with Gasteiger partial charge in [-0.25, -0.2) is 9.97 Å². The van der Waals surface area contributed by atoms with E-state index in [1.165, 1.54) is 31.0 Å². The molecule has 2 aliphatic carbocycles. The molecular weight excluding hydrogens is 366 g/mol. The number of thioether (sulfide) groups is 1. The van der Waals surface area contributed by atoms with Crippen LogP contribution in [0.2, 0.25) is 5.02 Å². The molecule has 1 amide bonds. The Hall–Kier alpha value is -1.59. The summed E-state index contributed by atoms with van der Waals surface area (Å²) < 4.78 is 0. The summed E-state index contributed by atoms with van der Waals surface area (Å²) in [5.41, 5.74) is 2.74. The number of carbonyl (C=O) groups is 1. The molecule has 2 bridgehead atoms. The molecule has 136 valence electrons. The standard InChI is InChI=1S/C20H22ClN3OS/c1-12-8-17(14-4-6-16(21)7-5-14)24-20(22-12)26-11-19(25)23-18-10-13-2-3-15(18)9-13/h4-8,13,15,18H,2-3,9-11H2,1H3,(H,23,25)/t13-,15-,18-/m0/s1. The zero-order valence-corrected chi connectivity index (χ0v) is 16.3. The number of aryl methyl sites for hydroxylation is 1. The van der Waals surface area contributed by atoms with E-state index in [-0.39, 0.29) is 5.91 Å². The van der Waals surface area contributed by atoms with Crippen LogP contribution in [0.25, 0.3) is 11.3 Å². The summed E-state index contributed by atoms with van der Waals surface area (Å²) in [6.45, 7) is 1.94. The lowest BCUT2D eigenvalue weighted by molar-refractivity contribution is -0.119. The van der Waals surface area contributed by atoms with E-state index in [1.54, 1.807) is 0 Å². The summed E-state index contributed by atoms with van der Waals surface area (Å²) >= 11 is 7.36. The number of rotatable bonds is 5. The van der Waals surface area contributed by atoms with Crippen molar-refractivity contribution in [2.45, 2.75) is 43.8 Å². The summed E-state index contributed by atoms with van der Waals surface area (Å²) in [7, 11) is 0. The maximum atomic E-state index is 12.3. The van der Waals surface area contributed by atoms with E-state index in [9.17, 15) is 4.79 Å². The van der Waals surface area contributed by atoms with Crippen LogP contribution in [-0.4, -0.2) is 27.7 Å². The van der Waals surface area contributed by atoms with Crippen molar-refractivity contribution in [2.75, 3.05) is 5.75 Å². The maximum Gasteiger partial charge on any atom is 0.230 e. The molecule has 2 saturated carbocycles. The third kappa shape index (κ3) is 4.04. The molecule has 2 aromatic rings. The van der Waals surface area contributed by atoms with Crippen LogP contribution in [-0.2, 0) is 4.79 Å². The maximum absolute atomic E-state index is 12.3. The van der Waals surface area contributed by atoms with Gasteiger partial charge in [0, 0.05) is 22.3 Å². The van der Waals surface area contributed by atoms with Crippen molar-refractivity contribution < 1.29 is 4.79 Å². The van der Waals surface area contributed by atoms with Crippen molar-refractivity contribution in [1.82, 2.24) is 15.3 Å². The van der Waals surface area contributed by atoms with E-state index in [4.69, 9.17) is 11.6 Å². The number of hydrogen-bond acceptors (Lipinski definition) is 4. The van der Waals surface area contributed by atoms with E-state index >= 15 is 0 Å². The topological polar surface area (TPSA) is 54.9 Å². The Balaban J connectivity index is 1.38. The Morgan fingerprint density at radius 3 is 2.73 bits per heavy atom. The summed E-state index contributed by atoms with van der Waals surface area (Å²) in [6.07, 6.45) is 5.07. The van der Waals surface area contributed by atoms with Crippen LogP contribution in [0, 0.1) is 18.8 Å². The third-order valence-electron chi connectivity index (χ3n) is 5.39. The fourth-order valence-electron chi connectivity index (χ4n) is 4.17. The largest absolute Gasteiger partial charge is 0.352 e. The fraction of sp³-hybridized carbons (Fsp3) is 0.450.